The lowest BCUT2D eigenvalue weighted by Crippen LogP contribution is -2.24. The van der Waals surface area contributed by atoms with Gasteiger partial charge in [-0.15, -0.1) is 12.4 Å². The highest BCUT2D eigenvalue weighted by atomic mass is 35.5. The summed E-state index contributed by atoms with van der Waals surface area (Å²) in [5.41, 5.74) is 2.70. The Labute approximate surface area is 180 Å². The molecule has 1 aromatic heterocycles. The van der Waals surface area contributed by atoms with Crippen LogP contribution in [0.15, 0.2) is 83.7 Å². The Morgan fingerprint density at radius 2 is 1.47 bits per heavy atom. The highest BCUT2D eigenvalue weighted by molar-refractivity contribution is 7.88. The van der Waals surface area contributed by atoms with E-state index in [4.69, 9.17) is 5.14 Å². The topological polar surface area (TPSA) is 95.1 Å². The van der Waals surface area contributed by atoms with Gasteiger partial charge in [0.2, 0.25) is 10.0 Å². The average molecular weight is 442 g/mol. The molecule has 2 N–H and O–H groups in total. The van der Waals surface area contributed by atoms with Crippen LogP contribution in [0.3, 0.4) is 0 Å². The zero-order chi connectivity index (χ0) is 20.4. The first-order chi connectivity index (χ1) is 13.9. The number of sulfonamides is 1. The van der Waals surface area contributed by atoms with Gasteiger partial charge in [0, 0.05) is 10.9 Å². The first kappa shape index (κ1) is 21.7. The van der Waals surface area contributed by atoms with Gasteiger partial charge in [-0.05, 0) is 23.3 Å². The fraction of sp³-hybridized carbons (Fsp3) is 0.0909. The first-order valence-corrected chi connectivity index (χ1v) is 10.8. The molecule has 4 rings (SSSR count). The molecule has 0 unspecified atom stereocenters. The van der Waals surface area contributed by atoms with Crippen LogP contribution in [0.25, 0.3) is 22.0 Å². The molecular weight excluding hydrogens is 422 g/mol. The molecule has 0 fully saturated rings. The van der Waals surface area contributed by atoms with Crippen molar-refractivity contribution < 1.29 is 8.42 Å². The summed E-state index contributed by atoms with van der Waals surface area (Å²) in [4.78, 5) is 13.0. The molecule has 0 aliphatic carbocycles. The van der Waals surface area contributed by atoms with Crippen LogP contribution in [0.4, 0.5) is 0 Å². The van der Waals surface area contributed by atoms with E-state index in [0.29, 0.717) is 23.2 Å². The van der Waals surface area contributed by atoms with Crippen molar-refractivity contribution in [1.82, 2.24) is 9.78 Å². The second-order valence-corrected chi connectivity index (χ2v) is 8.46. The lowest BCUT2D eigenvalue weighted by molar-refractivity contribution is 0.597. The molecule has 4 aromatic rings. The van der Waals surface area contributed by atoms with Crippen molar-refractivity contribution in [2.45, 2.75) is 12.3 Å². The largest absolute Gasteiger partial charge is 0.274 e. The van der Waals surface area contributed by atoms with Crippen LogP contribution in [0, 0.1) is 0 Å². The molecular formula is C22H20ClN3O3S. The van der Waals surface area contributed by atoms with Crippen molar-refractivity contribution in [3.8, 4) is 11.3 Å². The minimum Gasteiger partial charge on any atom is -0.267 e. The Hall–Kier alpha value is -3.00. The fourth-order valence-corrected chi connectivity index (χ4v) is 4.00. The molecule has 6 nitrogen and oxygen atoms in total. The molecule has 0 saturated heterocycles. The highest BCUT2D eigenvalue weighted by Gasteiger charge is 2.14. The van der Waals surface area contributed by atoms with E-state index < -0.39 is 10.0 Å². The van der Waals surface area contributed by atoms with Gasteiger partial charge in [0.1, 0.15) is 0 Å². The molecule has 0 aliphatic rings. The van der Waals surface area contributed by atoms with E-state index in [1.807, 2.05) is 54.6 Å². The smallest absolute Gasteiger partial charge is 0.267 e. The Morgan fingerprint density at radius 3 is 2.17 bits per heavy atom. The second-order valence-electron chi connectivity index (χ2n) is 6.85. The van der Waals surface area contributed by atoms with Crippen LogP contribution in [0.1, 0.15) is 11.1 Å². The minimum absolute atomic E-state index is 0. The number of hydrogen-bond acceptors (Lipinski definition) is 4. The lowest BCUT2D eigenvalue weighted by Gasteiger charge is -2.12. The standard InChI is InChI=1S/C22H19N3O3S.ClH/c23-29(27,28)15-17-9-6-10-18(13-17)21-19-11-4-5-12-20(19)22(26)25(24-21)14-16-7-2-1-3-8-16;/h1-13H,14-15H2,(H2,23,27,28);1H. The van der Waals surface area contributed by atoms with Crippen LogP contribution in [0.5, 0.6) is 0 Å². The number of aromatic nitrogens is 2. The molecule has 30 heavy (non-hydrogen) atoms. The van der Waals surface area contributed by atoms with E-state index in [1.54, 1.807) is 24.3 Å². The third-order valence-electron chi connectivity index (χ3n) is 4.61. The van der Waals surface area contributed by atoms with Crippen LogP contribution >= 0.6 is 12.4 Å². The highest BCUT2D eigenvalue weighted by Crippen LogP contribution is 2.26. The molecule has 0 saturated carbocycles. The third-order valence-corrected chi connectivity index (χ3v) is 5.35. The minimum atomic E-state index is -3.65. The Morgan fingerprint density at radius 1 is 0.833 bits per heavy atom. The molecule has 154 valence electrons. The van der Waals surface area contributed by atoms with E-state index in [2.05, 4.69) is 5.10 Å². The normalized spacial score (nSPS) is 11.2. The number of hydrogen-bond donors (Lipinski definition) is 1. The number of nitrogens with two attached hydrogens (primary N) is 1. The van der Waals surface area contributed by atoms with E-state index in [1.165, 1.54) is 4.68 Å². The number of fused-ring (bicyclic) bond motifs is 1. The van der Waals surface area contributed by atoms with Crippen molar-refractivity contribution >= 4 is 33.2 Å². The quantitative estimate of drug-likeness (QED) is 0.514. The Bertz CT molecular complexity index is 1350. The predicted molar refractivity (Wildman–Crippen MR) is 121 cm³/mol. The van der Waals surface area contributed by atoms with Crippen LogP contribution in [-0.4, -0.2) is 18.2 Å². The van der Waals surface area contributed by atoms with Crippen molar-refractivity contribution in [2.75, 3.05) is 0 Å². The summed E-state index contributed by atoms with van der Waals surface area (Å²) in [5, 5.41) is 11.1. The van der Waals surface area contributed by atoms with E-state index >= 15 is 0 Å². The van der Waals surface area contributed by atoms with Gasteiger partial charge in [0.05, 0.1) is 23.4 Å². The van der Waals surface area contributed by atoms with Crippen molar-refractivity contribution in [3.05, 3.63) is 100 Å². The maximum Gasteiger partial charge on any atom is 0.274 e. The summed E-state index contributed by atoms with van der Waals surface area (Å²) < 4.78 is 24.4. The first-order valence-electron chi connectivity index (χ1n) is 9.04. The van der Waals surface area contributed by atoms with E-state index in [0.717, 1.165) is 16.5 Å². The summed E-state index contributed by atoms with van der Waals surface area (Å²) in [7, 11) is -3.65. The van der Waals surface area contributed by atoms with Gasteiger partial charge < -0.3 is 0 Å². The Balaban J connectivity index is 0.00000256. The molecule has 0 radical (unpaired) electrons. The molecule has 0 atom stereocenters. The molecule has 0 spiro atoms. The van der Waals surface area contributed by atoms with E-state index in [9.17, 15) is 13.2 Å². The average Bonchev–Trinajstić information content (AvgIpc) is 2.70. The summed E-state index contributed by atoms with van der Waals surface area (Å²) >= 11 is 0. The number of halogens is 1. The van der Waals surface area contributed by atoms with Gasteiger partial charge in [0.25, 0.3) is 5.56 Å². The zero-order valence-electron chi connectivity index (χ0n) is 15.9. The molecule has 1 heterocycles. The second kappa shape index (κ2) is 8.79. The predicted octanol–water partition coefficient (Wildman–Crippen LogP) is 3.32. The fourth-order valence-electron chi connectivity index (χ4n) is 3.35. The number of primary sulfonamides is 1. The number of nitrogens with zero attached hydrogens (tertiary/aromatic N) is 2. The third kappa shape index (κ3) is 4.76. The maximum atomic E-state index is 13.0. The molecule has 0 bridgehead atoms. The summed E-state index contributed by atoms with van der Waals surface area (Å²) in [6.07, 6.45) is 0. The monoisotopic (exact) mass is 441 g/mol. The maximum absolute atomic E-state index is 13.0. The van der Waals surface area contributed by atoms with Crippen LogP contribution in [-0.2, 0) is 22.3 Å². The molecule has 8 heteroatoms. The van der Waals surface area contributed by atoms with Crippen molar-refractivity contribution in [1.29, 1.82) is 0 Å². The number of rotatable bonds is 5. The van der Waals surface area contributed by atoms with Crippen molar-refractivity contribution in [2.24, 2.45) is 5.14 Å². The SMILES string of the molecule is Cl.NS(=O)(=O)Cc1cccc(-c2nn(Cc3ccccc3)c(=O)c3ccccc23)c1. The van der Waals surface area contributed by atoms with Gasteiger partial charge in [-0.3, -0.25) is 4.79 Å². The van der Waals surface area contributed by atoms with Crippen LogP contribution < -0.4 is 10.7 Å². The lowest BCUT2D eigenvalue weighted by atomic mass is 10.0. The number of benzene rings is 3. The molecule has 0 amide bonds. The Kier molecular flexibility index (Phi) is 6.36. The van der Waals surface area contributed by atoms with Gasteiger partial charge in [-0.2, -0.15) is 5.10 Å². The summed E-state index contributed by atoms with van der Waals surface area (Å²) in [5.74, 6) is -0.261. The molecule has 0 aliphatic heterocycles. The van der Waals surface area contributed by atoms with Crippen molar-refractivity contribution in [3.63, 3.8) is 0 Å². The molecule has 3 aromatic carbocycles. The van der Waals surface area contributed by atoms with Gasteiger partial charge in [0.15, 0.2) is 0 Å². The van der Waals surface area contributed by atoms with Gasteiger partial charge in [-0.1, -0.05) is 66.7 Å². The summed E-state index contributed by atoms with van der Waals surface area (Å²) in [6, 6.07) is 24.0. The zero-order valence-corrected chi connectivity index (χ0v) is 17.6. The van der Waals surface area contributed by atoms with Gasteiger partial charge in [-0.25, -0.2) is 18.2 Å². The summed E-state index contributed by atoms with van der Waals surface area (Å²) in [6.45, 7) is 0.342. The van der Waals surface area contributed by atoms with E-state index in [-0.39, 0.29) is 23.7 Å². The van der Waals surface area contributed by atoms with Crippen LogP contribution in [0.2, 0.25) is 0 Å². The van der Waals surface area contributed by atoms with Gasteiger partial charge >= 0.3 is 0 Å².